The van der Waals surface area contributed by atoms with Crippen LogP contribution in [0.3, 0.4) is 0 Å². The molecule has 1 aromatic heterocycles. The monoisotopic (exact) mass is 202 g/mol. The van der Waals surface area contributed by atoms with Gasteiger partial charge in [0.2, 0.25) is 0 Å². The molecule has 0 aliphatic heterocycles. The van der Waals surface area contributed by atoms with Gasteiger partial charge >= 0.3 is 0 Å². The third kappa shape index (κ3) is 1.61. The van der Waals surface area contributed by atoms with Gasteiger partial charge in [-0.05, 0) is 37.6 Å². The van der Waals surface area contributed by atoms with Crippen LogP contribution in [0, 0.1) is 13.8 Å². The molecule has 0 unspecified atom stereocenters. The van der Waals surface area contributed by atoms with Crippen molar-refractivity contribution in [3.63, 3.8) is 0 Å². The lowest BCUT2D eigenvalue weighted by molar-refractivity contribution is 0.418. The van der Waals surface area contributed by atoms with E-state index in [4.69, 9.17) is 10.5 Å². The molecule has 0 fully saturated rings. The van der Waals surface area contributed by atoms with Gasteiger partial charge in [-0.1, -0.05) is 0 Å². The number of anilines is 1. The normalized spacial score (nSPS) is 10.6. The van der Waals surface area contributed by atoms with Gasteiger partial charge in [0.25, 0.3) is 0 Å². The molecule has 0 saturated carbocycles. The number of nitrogen functional groups attached to an aromatic ring is 1. The van der Waals surface area contributed by atoms with Gasteiger partial charge in [0.1, 0.15) is 11.3 Å². The second-order valence-corrected chi connectivity index (χ2v) is 3.72. The van der Waals surface area contributed by atoms with Crippen LogP contribution in [0.25, 0.3) is 10.9 Å². The van der Waals surface area contributed by atoms with Crippen LogP contribution in [0.4, 0.5) is 5.69 Å². The number of pyridine rings is 1. The Morgan fingerprint density at radius 1 is 1.20 bits per heavy atom. The second kappa shape index (κ2) is 3.42. The molecule has 0 aliphatic carbocycles. The number of hydrogen-bond donors (Lipinski definition) is 1. The van der Waals surface area contributed by atoms with Crippen molar-refractivity contribution in [1.82, 2.24) is 4.98 Å². The first-order valence-electron chi connectivity index (χ1n) is 4.83. The molecule has 0 bridgehead atoms. The van der Waals surface area contributed by atoms with Crippen LogP contribution in [-0.2, 0) is 0 Å². The SMILES string of the molecule is COc1cc(C)cc2c(N)cc(C)nc12. The van der Waals surface area contributed by atoms with Crippen LogP contribution in [0.5, 0.6) is 5.75 Å². The molecule has 0 atom stereocenters. The lowest BCUT2D eigenvalue weighted by Crippen LogP contribution is -1.95. The van der Waals surface area contributed by atoms with Gasteiger partial charge in [0, 0.05) is 16.8 Å². The summed E-state index contributed by atoms with van der Waals surface area (Å²) in [6.45, 7) is 3.94. The lowest BCUT2D eigenvalue weighted by atomic mass is 10.1. The Morgan fingerprint density at radius 2 is 1.93 bits per heavy atom. The van der Waals surface area contributed by atoms with Gasteiger partial charge < -0.3 is 10.5 Å². The quantitative estimate of drug-likeness (QED) is 0.772. The average Bonchev–Trinajstić information content (AvgIpc) is 2.18. The maximum Gasteiger partial charge on any atom is 0.145 e. The molecule has 0 aliphatic rings. The fourth-order valence-electron chi connectivity index (χ4n) is 1.75. The zero-order valence-electron chi connectivity index (χ0n) is 9.16. The van der Waals surface area contributed by atoms with Crippen molar-refractivity contribution in [2.75, 3.05) is 12.8 Å². The zero-order valence-corrected chi connectivity index (χ0v) is 9.16. The van der Waals surface area contributed by atoms with Gasteiger partial charge in [-0.25, -0.2) is 4.98 Å². The smallest absolute Gasteiger partial charge is 0.145 e. The first kappa shape index (κ1) is 9.77. The van der Waals surface area contributed by atoms with E-state index >= 15 is 0 Å². The fourth-order valence-corrected chi connectivity index (χ4v) is 1.75. The molecule has 0 saturated heterocycles. The predicted molar refractivity (Wildman–Crippen MR) is 62.2 cm³/mol. The van der Waals surface area contributed by atoms with Crippen molar-refractivity contribution < 1.29 is 4.74 Å². The molecule has 2 rings (SSSR count). The number of aromatic nitrogens is 1. The average molecular weight is 202 g/mol. The molecule has 2 N–H and O–H groups in total. The number of nitrogens with zero attached hydrogens (tertiary/aromatic N) is 1. The number of ether oxygens (including phenoxy) is 1. The summed E-state index contributed by atoms with van der Waals surface area (Å²) in [7, 11) is 1.65. The molecule has 1 aromatic carbocycles. The van der Waals surface area contributed by atoms with Gasteiger partial charge in [-0.3, -0.25) is 0 Å². The van der Waals surface area contributed by atoms with E-state index in [1.807, 2.05) is 32.0 Å². The maximum atomic E-state index is 5.95. The highest BCUT2D eigenvalue weighted by Crippen LogP contribution is 2.29. The molecular weight excluding hydrogens is 188 g/mol. The van der Waals surface area contributed by atoms with Crippen LogP contribution in [0.2, 0.25) is 0 Å². The summed E-state index contributed by atoms with van der Waals surface area (Å²) in [5, 5.41) is 0.956. The van der Waals surface area contributed by atoms with Crippen molar-refractivity contribution in [2.45, 2.75) is 13.8 Å². The van der Waals surface area contributed by atoms with E-state index in [-0.39, 0.29) is 0 Å². The highest BCUT2D eigenvalue weighted by molar-refractivity contribution is 5.94. The van der Waals surface area contributed by atoms with Crippen LogP contribution in [0.15, 0.2) is 18.2 Å². The zero-order chi connectivity index (χ0) is 11.0. The van der Waals surface area contributed by atoms with Gasteiger partial charge in [0.15, 0.2) is 0 Å². The van der Waals surface area contributed by atoms with Crippen molar-refractivity contribution in [1.29, 1.82) is 0 Å². The van der Waals surface area contributed by atoms with E-state index in [9.17, 15) is 0 Å². The Kier molecular flexibility index (Phi) is 2.23. The Labute approximate surface area is 88.9 Å². The number of aryl methyl sites for hydroxylation is 2. The van der Waals surface area contributed by atoms with E-state index in [1.54, 1.807) is 7.11 Å². The molecule has 1 heterocycles. The first-order chi connectivity index (χ1) is 7.11. The fraction of sp³-hybridized carbons (Fsp3) is 0.250. The minimum Gasteiger partial charge on any atom is -0.494 e. The minimum atomic E-state index is 0.750. The summed E-state index contributed by atoms with van der Waals surface area (Å²) in [6, 6.07) is 5.87. The topological polar surface area (TPSA) is 48.1 Å². The number of benzene rings is 1. The molecule has 2 aromatic rings. The number of hydrogen-bond acceptors (Lipinski definition) is 3. The Bertz CT molecular complexity index is 521. The van der Waals surface area contributed by atoms with Gasteiger partial charge in [-0.2, -0.15) is 0 Å². The summed E-state index contributed by atoms with van der Waals surface area (Å²) in [5.41, 5.74) is 9.56. The Hall–Kier alpha value is -1.77. The van der Waals surface area contributed by atoms with E-state index in [0.717, 1.165) is 33.6 Å². The third-order valence-electron chi connectivity index (χ3n) is 2.40. The van der Waals surface area contributed by atoms with Gasteiger partial charge in [0.05, 0.1) is 7.11 Å². The van der Waals surface area contributed by atoms with Crippen molar-refractivity contribution >= 4 is 16.6 Å². The number of fused-ring (bicyclic) bond motifs is 1. The summed E-state index contributed by atoms with van der Waals surface area (Å²) >= 11 is 0. The lowest BCUT2D eigenvalue weighted by Gasteiger charge is -2.09. The molecule has 3 heteroatoms. The standard InChI is InChI=1S/C12H14N2O/c1-7-4-9-10(13)6-8(2)14-12(9)11(5-7)15-3/h4-6H,1-3H3,(H2,13,14). The molecule has 78 valence electrons. The Morgan fingerprint density at radius 3 is 2.60 bits per heavy atom. The molecule has 0 spiro atoms. The minimum absolute atomic E-state index is 0.750. The molecular formula is C12H14N2O. The third-order valence-corrected chi connectivity index (χ3v) is 2.40. The summed E-state index contributed by atoms with van der Waals surface area (Å²) in [5.74, 6) is 0.778. The van der Waals surface area contributed by atoms with Gasteiger partial charge in [-0.15, -0.1) is 0 Å². The molecule has 0 amide bonds. The van der Waals surface area contributed by atoms with Crippen LogP contribution >= 0.6 is 0 Å². The van der Waals surface area contributed by atoms with Crippen LogP contribution in [0.1, 0.15) is 11.3 Å². The Balaban J connectivity index is 2.89. The summed E-state index contributed by atoms with van der Waals surface area (Å²) < 4.78 is 5.30. The number of rotatable bonds is 1. The van der Waals surface area contributed by atoms with E-state index in [0.29, 0.717) is 0 Å². The van der Waals surface area contributed by atoms with Crippen molar-refractivity contribution in [3.05, 3.63) is 29.5 Å². The number of methoxy groups -OCH3 is 1. The van der Waals surface area contributed by atoms with Crippen molar-refractivity contribution in [2.24, 2.45) is 0 Å². The van der Waals surface area contributed by atoms with E-state index in [1.165, 1.54) is 0 Å². The van der Waals surface area contributed by atoms with Crippen LogP contribution < -0.4 is 10.5 Å². The number of nitrogens with two attached hydrogens (primary N) is 1. The first-order valence-corrected chi connectivity index (χ1v) is 4.83. The van der Waals surface area contributed by atoms with Crippen molar-refractivity contribution in [3.8, 4) is 5.75 Å². The predicted octanol–water partition coefficient (Wildman–Crippen LogP) is 2.44. The second-order valence-electron chi connectivity index (χ2n) is 3.72. The molecule has 3 nitrogen and oxygen atoms in total. The maximum absolute atomic E-state index is 5.95. The van der Waals surface area contributed by atoms with E-state index in [2.05, 4.69) is 4.98 Å². The highest BCUT2D eigenvalue weighted by atomic mass is 16.5. The molecule has 15 heavy (non-hydrogen) atoms. The van der Waals surface area contributed by atoms with E-state index < -0.39 is 0 Å². The largest absolute Gasteiger partial charge is 0.494 e. The van der Waals surface area contributed by atoms with Crippen LogP contribution in [-0.4, -0.2) is 12.1 Å². The highest BCUT2D eigenvalue weighted by Gasteiger charge is 2.07. The molecule has 0 radical (unpaired) electrons. The summed E-state index contributed by atoms with van der Waals surface area (Å²) in [4.78, 5) is 4.44. The summed E-state index contributed by atoms with van der Waals surface area (Å²) in [6.07, 6.45) is 0.